The van der Waals surface area contributed by atoms with Crippen molar-refractivity contribution in [3.05, 3.63) is 29.8 Å². The number of nitrogens with one attached hydrogen (secondary N) is 2. The third-order valence-electron chi connectivity index (χ3n) is 5.91. The number of benzene rings is 1. The second-order valence-electron chi connectivity index (χ2n) is 8.47. The summed E-state index contributed by atoms with van der Waals surface area (Å²) in [6, 6.07) is 8.53. The number of fused-ring (bicyclic) bond motifs is 1. The molecule has 5 nitrogen and oxygen atoms in total. The van der Waals surface area contributed by atoms with Crippen LogP contribution in [0.3, 0.4) is 0 Å². The van der Waals surface area contributed by atoms with Crippen molar-refractivity contribution in [2.75, 3.05) is 33.2 Å². The summed E-state index contributed by atoms with van der Waals surface area (Å²) in [4.78, 5) is 7.01. The minimum absolute atomic E-state index is 0.182. The Morgan fingerprint density at radius 2 is 2.00 bits per heavy atom. The van der Waals surface area contributed by atoms with Gasteiger partial charge in [0.15, 0.2) is 5.96 Å². The Morgan fingerprint density at radius 1 is 1.26 bits per heavy atom. The molecular formula is C22H36N4O. The van der Waals surface area contributed by atoms with Gasteiger partial charge < -0.3 is 20.3 Å². The van der Waals surface area contributed by atoms with Gasteiger partial charge in [-0.05, 0) is 64.7 Å². The molecule has 1 atom stereocenters. The van der Waals surface area contributed by atoms with E-state index in [2.05, 4.69) is 59.5 Å². The van der Waals surface area contributed by atoms with Crippen LogP contribution in [0.25, 0.3) is 0 Å². The van der Waals surface area contributed by atoms with Gasteiger partial charge in [0.1, 0.15) is 11.4 Å². The Morgan fingerprint density at radius 3 is 2.70 bits per heavy atom. The molecule has 2 aliphatic heterocycles. The van der Waals surface area contributed by atoms with E-state index in [9.17, 15) is 0 Å². The van der Waals surface area contributed by atoms with E-state index in [1.807, 2.05) is 13.1 Å². The van der Waals surface area contributed by atoms with E-state index in [1.165, 1.54) is 44.5 Å². The lowest BCUT2D eigenvalue weighted by Gasteiger charge is -2.38. The predicted octanol–water partition coefficient (Wildman–Crippen LogP) is 3.58. The van der Waals surface area contributed by atoms with E-state index in [4.69, 9.17) is 4.74 Å². The Labute approximate surface area is 164 Å². The number of nitrogens with zero attached hydrogens (tertiary/aromatic N) is 2. The van der Waals surface area contributed by atoms with Crippen LogP contribution in [0, 0.1) is 5.92 Å². The van der Waals surface area contributed by atoms with E-state index >= 15 is 0 Å². The lowest BCUT2D eigenvalue weighted by molar-refractivity contribution is 0.0694. The van der Waals surface area contributed by atoms with Crippen LogP contribution in [-0.2, 0) is 0 Å². The summed E-state index contributed by atoms with van der Waals surface area (Å²) in [6.07, 6.45) is 4.78. The van der Waals surface area contributed by atoms with Gasteiger partial charge in [-0.3, -0.25) is 4.99 Å². The molecule has 0 bridgehead atoms. The molecule has 1 unspecified atom stereocenters. The van der Waals surface area contributed by atoms with Crippen LogP contribution >= 0.6 is 0 Å². The summed E-state index contributed by atoms with van der Waals surface area (Å²) in [5.74, 6) is 2.70. The van der Waals surface area contributed by atoms with Crippen LogP contribution < -0.4 is 15.4 Å². The Kier molecular flexibility index (Phi) is 6.64. The van der Waals surface area contributed by atoms with Gasteiger partial charge in [0, 0.05) is 25.6 Å². The molecule has 0 saturated carbocycles. The largest absolute Gasteiger partial charge is 0.487 e. The number of hydrogen-bond acceptors (Lipinski definition) is 3. The molecule has 0 aromatic heterocycles. The number of rotatable bonds is 5. The number of ether oxygens (including phenoxy) is 1. The average molecular weight is 373 g/mol. The zero-order valence-corrected chi connectivity index (χ0v) is 17.4. The smallest absolute Gasteiger partial charge is 0.191 e. The summed E-state index contributed by atoms with van der Waals surface area (Å²) < 4.78 is 6.14. The molecule has 2 N–H and O–H groups in total. The van der Waals surface area contributed by atoms with Crippen LogP contribution in [0.2, 0.25) is 0 Å². The molecule has 27 heavy (non-hydrogen) atoms. The first-order chi connectivity index (χ1) is 13.0. The third kappa shape index (κ3) is 5.38. The molecule has 1 aromatic rings. The van der Waals surface area contributed by atoms with Gasteiger partial charge in [0.25, 0.3) is 0 Å². The van der Waals surface area contributed by atoms with Crippen molar-refractivity contribution in [1.29, 1.82) is 0 Å². The van der Waals surface area contributed by atoms with Crippen LogP contribution in [0.4, 0.5) is 0 Å². The molecule has 0 radical (unpaired) electrons. The molecule has 3 rings (SSSR count). The Bertz CT molecular complexity index is 635. The van der Waals surface area contributed by atoms with E-state index in [0.717, 1.165) is 30.6 Å². The van der Waals surface area contributed by atoms with Crippen molar-refractivity contribution in [3.63, 3.8) is 0 Å². The fourth-order valence-corrected chi connectivity index (χ4v) is 4.28. The van der Waals surface area contributed by atoms with E-state index in [-0.39, 0.29) is 11.6 Å². The van der Waals surface area contributed by atoms with Gasteiger partial charge in [-0.1, -0.05) is 25.1 Å². The highest BCUT2D eigenvalue weighted by atomic mass is 16.5. The molecule has 5 heteroatoms. The number of likely N-dealkylation sites (tertiary alicyclic amines) is 1. The molecule has 0 amide bonds. The maximum atomic E-state index is 6.14. The molecule has 1 fully saturated rings. The maximum Gasteiger partial charge on any atom is 0.191 e. The lowest BCUT2D eigenvalue weighted by atomic mass is 9.90. The zero-order chi connectivity index (χ0) is 19.3. The van der Waals surface area contributed by atoms with E-state index < -0.39 is 0 Å². The topological polar surface area (TPSA) is 48.9 Å². The monoisotopic (exact) mass is 372 g/mol. The van der Waals surface area contributed by atoms with E-state index in [1.54, 1.807) is 0 Å². The second-order valence-corrected chi connectivity index (χ2v) is 8.47. The minimum atomic E-state index is -0.182. The van der Waals surface area contributed by atoms with Crippen molar-refractivity contribution < 1.29 is 4.74 Å². The van der Waals surface area contributed by atoms with Crippen molar-refractivity contribution in [2.45, 2.75) is 58.1 Å². The molecule has 150 valence electrons. The molecule has 1 aromatic carbocycles. The molecule has 0 spiro atoms. The van der Waals surface area contributed by atoms with Gasteiger partial charge in [-0.25, -0.2) is 0 Å². The van der Waals surface area contributed by atoms with Crippen molar-refractivity contribution >= 4 is 5.96 Å². The van der Waals surface area contributed by atoms with Gasteiger partial charge in [-0.15, -0.1) is 0 Å². The number of piperidine rings is 1. The Balaban J connectivity index is 1.52. The first-order valence-corrected chi connectivity index (χ1v) is 10.5. The SMILES string of the molecule is CCN1CCC(CCNC(=NC)NC2CC(C)(C)Oc3ccccc32)CC1. The van der Waals surface area contributed by atoms with Crippen molar-refractivity contribution in [3.8, 4) is 5.75 Å². The van der Waals surface area contributed by atoms with Gasteiger partial charge in [0.2, 0.25) is 0 Å². The highest BCUT2D eigenvalue weighted by molar-refractivity contribution is 5.80. The summed E-state index contributed by atoms with van der Waals surface area (Å²) in [7, 11) is 1.85. The Hall–Kier alpha value is -1.75. The van der Waals surface area contributed by atoms with Crippen LogP contribution in [0.1, 0.15) is 58.1 Å². The molecule has 1 saturated heterocycles. The number of hydrogen-bond donors (Lipinski definition) is 2. The molecule has 2 heterocycles. The van der Waals surface area contributed by atoms with Crippen LogP contribution in [0.15, 0.2) is 29.3 Å². The first kappa shape index (κ1) is 20.0. The quantitative estimate of drug-likeness (QED) is 0.613. The van der Waals surface area contributed by atoms with Crippen molar-refractivity contribution in [1.82, 2.24) is 15.5 Å². The van der Waals surface area contributed by atoms with Gasteiger partial charge in [-0.2, -0.15) is 0 Å². The summed E-state index contributed by atoms with van der Waals surface area (Å²) in [5.41, 5.74) is 1.03. The standard InChI is InChI=1S/C22H36N4O/c1-5-26-14-11-17(12-15-26)10-13-24-21(23-4)25-19-16-22(2,3)27-20-9-7-6-8-18(19)20/h6-9,17,19H,5,10-16H2,1-4H3,(H2,23,24,25). The van der Waals surface area contributed by atoms with Crippen LogP contribution in [0.5, 0.6) is 5.75 Å². The normalized spacial score (nSPS) is 23.4. The minimum Gasteiger partial charge on any atom is -0.487 e. The lowest BCUT2D eigenvalue weighted by Crippen LogP contribution is -2.45. The fraction of sp³-hybridized carbons (Fsp3) is 0.682. The van der Waals surface area contributed by atoms with E-state index in [0.29, 0.717) is 0 Å². The average Bonchev–Trinajstić information content (AvgIpc) is 2.66. The number of guanidine groups is 1. The zero-order valence-electron chi connectivity index (χ0n) is 17.4. The maximum absolute atomic E-state index is 6.14. The summed E-state index contributed by atoms with van der Waals surface area (Å²) in [5, 5.41) is 7.15. The first-order valence-electron chi connectivity index (χ1n) is 10.5. The predicted molar refractivity (Wildman–Crippen MR) is 112 cm³/mol. The van der Waals surface area contributed by atoms with Gasteiger partial charge >= 0.3 is 0 Å². The molecule has 0 aliphatic carbocycles. The van der Waals surface area contributed by atoms with Crippen LogP contribution in [-0.4, -0.2) is 49.7 Å². The summed E-state index contributed by atoms with van der Waals surface area (Å²) >= 11 is 0. The number of aliphatic imine (C=N–C) groups is 1. The number of para-hydroxylation sites is 1. The highest BCUT2D eigenvalue weighted by Gasteiger charge is 2.34. The third-order valence-corrected chi connectivity index (χ3v) is 5.91. The van der Waals surface area contributed by atoms with Gasteiger partial charge in [0.05, 0.1) is 6.04 Å². The highest BCUT2D eigenvalue weighted by Crippen LogP contribution is 2.39. The summed E-state index contributed by atoms with van der Waals surface area (Å²) in [6.45, 7) is 11.2. The second kappa shape index (κ2) is 8.96. The molecule has 2 aliphatic rings. The van der Waals surface area contributed by atoms with Crippen molar-refractivity contribution in [2.24, 2.45) is 10.9 Å². The fourth-order valence-electron chi connectivity index (χ4n) is 4.28. The molecular weight excluding hydrogens is 336 g/mol.